The summed E-state index contributed by atoms with van der Waals surface area (Å²) >= 11 is 0. The van der Waals surface area contributed by atoms with Crippen molar-refractivity contribution in [1.29, 1.82) is 0 Å². The Morgan fingerprint density at radius 2 is 0.721 bits per heavy atom. The van der Waals surface area contributed by atoms with E-state index in [1.165, 1.54) is 72.0 Å². The third-order valence-electron chi connectivity index (χ3n) is 9.73. The van der Waals surface area contributed by atoms with E-state index < -0.39 is 0 Å². The van der Waals surface area contributed by atoms with Gasteiger partial charge in [-0.2, -0.15) is 0 Å². The highest BCUT2D eigenvalue weighted by Crippen LogP contribution is 2.43. The van der Waals surface area contributed by atoms with E-state index in [9.17, 15) is 0 Å². The summed E-state index contributed by atoms with van der Waals surface area (Å²) in [5.41, 5.74) is 19.1. The van der Waals surface area contributed by atoms with Crippen molar-refractivity contribution >= 4 is 23.1 Å². The van der Waals surface area contributed by atoms with Crippen LogP contribution in [0.1, 0.15) is 152 Å². The fourth-order valence-corrected chi connectivity index (χ4v) is 7.12. The first-order valence-electron chi connectivity index (χ1n) is 16.9. The Hall–Kier alpha value is -3.06. The lowest BCUT2D eigenvalue weighted by Crippen LogP contribution is -2.31. The summed E-state index contributed by atoms with van der Waals surface area (Å²) in [5.74, 6) is 2.76. The molecule has 0 saturated heterocycles. The van der Waals surface area contributed by atoms with E-state index in [2.05, 4.69) is 150 Å². The van der Waals surface area contributed by atoms with Gasteiger partial charge in [-0.25, -0.2) is 0 Å². The van der Waals surface area contributed by atoms with Gasteiger partial charge in [-0.05, 0) is 91.1 Å². The van der Waals surface area contributed by atoms with Gasteiger partial charge >= 0.3 is 0 Å². The predicted octanol–water partition coefficient (Wildman–Crippen LogP) is 10.6. The molecule has 4 aromatic carbocycles. The van der Waals surface area contributed by atoms with Crippen LogP contribution < -0.4 is 16.4 Å². The topological polar surface area (TPSA) is 0 Å². The average molecular weight is 569 g/mol. The Kier molecular flexibility index (Phi) is 8.86. The van der Waals surface area contributed by atoms with Gasteiger partial charge < -0.3 is 0 Å². The van der Waals surface area contributed by atoms with Crippen LogP contribution in [0.2, 0.25) is 0 Å². The van der Waals surface area contributed by atoms with Gasteiger partial charge in [0.25, 0.3) is 0 Å². The maximum Gasteiger partial charge on any atom is 0.241 e. The summed E-state index contributed by atoms with van der Waals surface area (Å²) in [5, 5.41) is 0. The maximum absolute atomic E-state index is 2.52. The largest absolute Gasteiger partial charge is 0.241 e. The minimum absolute atomic E-state index is 0.343. The molecule has 0 bridgehead atoms. The zero-order chi connectivity index (χ0) is 31.3. The molecule has 1 heterocycles. The normalized spacial score (nSPS) is 12.9. The van der Waals surface area contributed by atoms with E-state index in [0.29, 0.717) is 42.2 Å². The van der Waals surface area contributed by atoms with Crippen molar-refractivity contribution in [3.05, 3.63) is 100 Å². The van der Waals surface area contributed by atoms with E-state index in [4.69, 9.17) is 0 Å². The van der Waals surface area contributed by atoms with Crippen molar-refractivity contribution in [2.24, 2.45) is 0 Å². The number of hydrogen-bond acceptors (Lipinski definition) is 0. The average Bonchev–Trinajstić information content (AvgIpc) is 3.68. The standard InChI is InChI=1S/C42H53B/c1-24(2)30-20-34(26(5)6)40(35(21-30)27(7)8)32-16-15-17-33(42(32)43-38-18-13-14-19-39(38)43)41-36(28(9)10)22-31(25(3)4)23-37(41)29(11)12/h13-29H,1-12H3. The van der Waals surface area contributed by atoms with E-state index in [-0.39, 0.29) is 0 Å². The summed E-state index contributed by atoms with van der Waals surface area (Å²) in [7, 11) is 0. The highest BCUT2D eigenvalue weighted by molar-refractivity contribution is 7.11. The van der Waals surface area contributed by atoms with E-state index in [0.717, 1.165) is 0 Å². The van der Waals surface area contributed by atoms with Gasteiger partial charge in [0.1, 0.15) is 0 Å². The quantitative estimate of drug-likeness (QED) is 0.155. The van der Waals surface area contributed by atoms with Gasteiger partial charge in [-0.3, -0.25) is 0 Å². The predicted molar refractivity (Wildman–Crippen MR) is 193 cm³/mol. The van der Waals surface area contributed by atoms with Crippen LogP contribution in [-0.2, 0) is 0 Å². The van der Waals surface area contributed by atoms with Gasteiger partial charge in [0.05, 0.1) is 0 Å². The van der Waals surface area contributed by atoms with Gasteiger partial charge in [-0.1, -0.05) is 166 Å². The summed E-state index contributed by atoms with van der Waals surface area (Å²) in [6.07, 6.45) is 0. The smallest absolute Gasteiger partial charge is 0.0733 e. The molecule has 0 aliphatic carbocycles. The third kappa shape index (κ3) is 5.77. The van der Waals surface area contributed by atoms with Crippen LogP contribution in [0, 0.1) is 0 Å². The van der Waals surface area contributed by atoms with Crippen LogP contribution in [0.25, 0.3) is 22.3 Å². The Morgan fingerprint density at radius 1 is 0.395 bits per heavy atom. The highest BCUT2D eigenvalue weighted by Gasteiger charge is 2.42. The molecule has 4 aromatic rings. The maximum atomic E-state index is 2.52. The minimum Gasteiger partial charge on any atom is -0.0733 e. The molecule has 0 radical (unpaired) electrons. The number of rotatable bonds is 9. The molecular formula is C42H53B. The first kappa shape index (κ1) is 31.4. The summed E-state index contributed by atoms with van der Waals surface area (Å²) in [6, 6.07) is 26.4. The van der Waals surface area contributed by atoms with E-state index in [1.807, 2.05) is 0 Å². The fourth-order valence-electron chi connectivity index (χ4n) is 7.12. The molecule has 5 rings (SSSR count). The molecule has 0 aromatic heterocycles. The Bertz CT molecular complexity index is 1450. The molecule has 0 atom stereocenters. The fraction of sp³-hybridized carbons (Fsp3) is 0.429. The Labute approximate surface area is 263 Å². The van der Waals surface area contributed by atoms with Crippen LogP contribution in [-0.4, -0.2) is 6.71 Å². The van der Waals surface area contributed by atoms with Crippen LogP contribution in [0.15, 0.2) is 66.7 Å². The molecule has 0 spiro atoms. The van der Waals surface area contributed by atoms with Crippen molar-refractivity contribution in [1.82, 2.24) is 0 Å². The molecular weight excluding hydrogens is 515 g/mol. The van der Waals surface area contributed by atoms with Gasteiger partial charge in [0, 0.05) is 0 Å². The molecule has 1 heteroatoms. The van der Waals surface area contributed by atoms with E-state index in [1.54, 1.807) is 0 Å². The highest BCUT2D eigenvalue weighted by atomic mass is 14.3. The lowest BCUT2D eigenvalue weighted by Gasteiger charge is -2.28. The number of hydrogen-bond donors (Lipinski definition) is 0. The molecule has 43 heavy (non-hydrogen) atoms. The van der Waals surface area contributed by atoms with Crippen molar-refractivity contribution in [3.63, 3.8) is 0 Å². The molecule has 0 fully saturated rings. The van der Waals surface area contributed by atoms with Crippen LogP contribution in [0.5, 0.6) is 0 Å². The summed E-state index contributed by atoms with van der Waals surface area (Å²) in [4.78, 5) is 0. The van der Waals surface area contributed by atoms with Crippen molar-refractivity contribution in [3.8, 4) is 22.3 Å². The van der Waals surface area contributed by atoms with Gasteiger partial charge in [-0.15, -0.1) is 0 Å². The Balaban J connectivity index is 1.93. The lowest BCUT2D eigenvalue weighted by molar-refractivity contribution is 0.807. The molecule has 0 nitrogen and oxygen atoms in total. The van der Waals surface area contributed by atoms with Crippen molar-refractivity contribution in [2.75, 3.05) is 0 Å². The first-order valence-corrected chi connectivity index (χ1v) is 16.9. The van der Waals surface area contributed by atoms with E-state index >= 15 is 0 Å². The second-order valence-corrected chi connectivity index (χ2v) is 14.9. The second kappa shape index (κ2) is 12.1. The summed E-state index contributed by atoms with van der Waals surface area (Å²) < 4.78 is 0. The van der Waals surface area contributed by atoms with Crippen LogP contribution >= 0.6 is 0 Å². The zero-order valence-corrected chi connectivity index (χ0v) is 28.9. The van der Waals surface area contributed by atoms with Gasteiger partial charge in [0.15, 0.2) is 0 Å². The molecule has 0 amide bonds. The van der Waals surface area contributed by atoms with Crippen LogP contribution in [0.4, 0.5) is 0 Å². The molecule has 0 N–H and O–H groups in total. The first-order chi connectivity index (χ1) is 20.3. The summed E-state index contributed by atoms with van der Waals surface area (Å²) in [6.45, 7) is 28.7. The van der Waals surface area contributed by atoms with Crippen molar-refractivity contribution < 1.29 is 0 Å². The molecule has 0 unspecified atom stereocenters. The molecule has 224 valence electrons. The SMILES string of the molecule is CC(C)c1cc(C(C)C)c(-c2cccc(-c3c(C(C)C)cc(C(C)C)cc3C(C)C)c2B2c3ccccc32)c(C(C)C)c1. The number of benzene rings is 4. The van der Waals surface area contributed by atoms with Crippen molar-refractivity contribution in [2.45, 2.75) is 119 Å². The zero-order valence-electron chi connectivity index (χ0n) is 28.9. The second-order valence-electron chi connectivity index (χ2n) is 14.9. The minimum atomic E-state index is 0.343. The van der Waals surface area contributed by atoms with Gasteiger partial charge in [0.2, 0.25) is 6.71 Å². The molecule has 0 saturated carbocycles. The number of fused-ring (bicyclic) bond motifs is 1. The lowest BCUT2D eigenvalue weighted by atomic mass is 9.53. The molecule has 1 aliphatic heterocycles. The van der Waals surface area contributed by atoms with Crippen LogP contribution in [0.3, 0.4) is 0 Å². The third-order valence-corrected chi connectivity index (χ3v) is 9.73. The monoisotopic (exact) mass is 568 g/mol. The Morgan fingerprint density at radius 3 is 1.00 bits per heavy atom. The molecule has 1 aliphatic rings.